The number of rotatable bonds is 6. The Morgan fingerprint density at radius 3 is 2.42 bits per heavy atom. The van der Waals surface area contributed by atoms with Gasteiger partial charge >= 0.3 is 0 Å². The summed E-state index contributed by atoms with van der Waals surface area (Å²) in [5.41, 5.74) is 6.47. The number of amides is 1. The summed E-state index contributed by atoms with van der Waals surface area (Å²) in [5.74, 6) is 0.853. The molecule has 1 rings (SSSR count). The minimum atomic E-state index is -0.498. The van der Waals surface area contributed by atoms with Crippen LogP contribution in [0.1, 0.15) is 27.7 Å². The third-order valence-electron chi connectivity index (χ3n) is 3.12. The molecule has 19 heavy (non-hydrogen) atoms. The number of aromatic nitrogens is 1. The molecule has 3 N–H and O–H groups in total. The van der Waals surface area contributed by atoms with E-state index in [0.717, 1.165) is 18.9 Å². The lowest BCUT2D eigenvalue weighted by molar-refractivity contribution is -0.118. The molecule has 0 bridgehead atoms. The van der Waals surface area contributed by atoms with Crippen molar-refractivity contribution in [1.29, 1.82) is 0 Å². The lowest BCUT2D eigenvalue weighted by Gasteiger charge is -2.20. The Morgan fingerprint density at radius 2 is 2.00 bits per heavy atom. The SMILES string of the molecule is CCN(CC)c1ccc(NC(=O)[C@H](N)C(C)C)cn1. The maximum atomic E-state index is 11.8. The van der Waals surface area contributed by atoms with Crippen molar-refractivity contribution < 1.29 is 4.79 Å². The van der Waals surface area contributed by atoms with E-state index in [4.69, 9.17) is 5.73 Å². The van der Waals surface area contributed by atoms with Crippen molar-refractivity contribution in [1.82, 2.24) is 4.98 Å². The first-order valence-corrected chi connectivity index (χ1v) is 6.77. The van der Waals surface area contributed by atoms with Crippen LogP contribution in [0.4, 0.5) is 11.5 Å². The number of carbonyl (C=O) groups excluding carboxylic acids is 1. The van der Waals surface area contributed by atoms with E-state index in [1.165, 1.54) is 0 Å². The standard InChI is InChI=1S/C14H24N4O/c1-5-18(6-2)12-8-7-11(9-16-12)17-14(19)13(15)10(3)4/h7-10,13H,5-6,15H2,1-4H3,(H,17,19)/t13-/m1/s1. The summed E-state index contributed by atoms with van der Waals surface area (Å²) in [5, 5.41) is 2.78. The predicted molar refractivity (Wildman–Crippen MR) is 79.2 cm³/mol. The number of nitrogens with two attached hydrogens (primary N) is 1. The maximum Gasteiger partial charge on any atom is 0.241 e. The van der Waals surface area contributed by atoms with Crippen LogP contribution in [0.5, 0.6) is 0 Å². The number of pyridine rings is 1. The summed E-state index contributed by atoms with van der Waals surface area (Å²) >= 11 is 0. The first kappa shape index (κ1) is 15.4. The van der Waals surface area contributed by atoms with Crippen LogP contribution in [-0.2, 0) is 4.79 Å². The monoisotopic (exact) mass is 264 g/mol. The molecular weight excluding hydrogens is 240 g/mol. The molecular formula is C14H24N4O. The maximum absolute atomic E-state index is 11.8. The molecule has 5 nitrogen and oxygen atoms in total. The van der Waals surface area contributed by atoms with Gasteiger partial charge in [0.25, 0.3) is 0 Å². The molecule has 0 saturated heterocycles. The van der Waals surface area contributed by atoms with E-state index in [1.807, 2.05) is 26.0 Å². The van der Waals surface area contributed by atoms with Gasteiger partial charge in [-0.15, -0.1) is 0 Å². The number of hydrogen-bond donors (Lipinski definition) is 2. The Bertz CT molecular complexity index is 398. The topological polar surface area (TPSA) is 71.2 Å². The highest BCUT2D eigenvalue weighted by Gasteiger charge is 2.17. The van der Waals surface area contributed by atoms with E-state index in [9.17, 15) is 4.79 Å². The van der Waals surface area contributed by atoms with Crippen molar-refractivity contribution in [3.8, 4) is 0 Å². The summed E-state index contributed by atoms with van der Waals surface area (Å²) in [6.45, 7) is 9.84. The molecule has 0 saturated carbocycles. The third-order valence-corrected chi connectivity index (χ3v) is 3.12. The average molecular weight is 264 g/mol. The average Bonchev–Trinajstić information content (AvgIpc) is 2.41. The number of nitrogens with zero attached hydrogens (tertiary/aromatic N) is 2. The van der Waals surface area contributed by atoms with Crippen LogP contribution in [-0.4, -0.2) is 30.0 Å². The van der Waals surface area contributed by atoms with Crippen molar-refractivity contribution in [2.45, 2.75) is 33.7 Å². The van der Waals surface area contributed by atoms with Crippen molar-refractivity contribution in [3.05, 3.63) is 18.3 Å². The van der Waals surface area contributed by atoms with Crippen molar-refractivity contribution in [2.75, 3.05) is 23.3 Å². The minimum Gasteiger partial charge on any atom is -0.357 e. The zero-order chi connectivity index (χ0) is 14.4. The molecule has 0 spiro atoms. The molecule has 0 radical (unpaired) electrons. The van der Waals surface area contributed by atoms with Gasteiger partial charge in [-0.05, 0) is 31.9 Å². The van der Waals surface area contributed by atoms with E-state index in [1.54, 1.807) is 6.20 Å². The van der Waals surface area contributed by atoms with Gasteiger partial charge in [-0.1, -0.05) is 13.8 Å². The number of anilines is 2. The van der Waals surface area contributed by atoms with Gasteiger partial charge in [0.15, 0.2) is 0 Å². The molecule has 5 heteroatoms. The highest BCUT2D eigenvalue weighted by atomic mass is 16.2. The Kier molecular flexibility index (Phi) is 5.76. The molecule has 1 atom stereocenters. The Balaban J connectivity index is 2.69. The molecule has 1 heterocycles. The first-order valence-electron chi connectivity index (χ1n) is 6.77. The second-order valence-corrected chi connectivity index (χ2v) is 4.84. The van der Waals surface area contributed by atoms with E-state index >= 15 is 0 Å². The largest absolute Gasteiger partial charge is 0.357 e. The molecule has 0 fully saturated rings. The molecule has 1 aromatic heterocycles. The van der Waals surface area contributed by atoms with Gasteiger partial charge in [-0.3, -0.25) is 4.79 Å². The van der Waals surface area contributed by atoms with E-state index in [0.29, 0.717) is 5.69 Å². The molecule has 1 aromatic rings. The highest BCUT2D eigenvalue weighted by Crippen LogP contribution is 2.14. The summed E-state index contributed by atoms with van der Waals surface area (Å²) < 4.78 is 0. The molecule has 106 valence electrons. The van der Waals surface area contributed by atoms with Gasteiger partial charge in [-0.2, -0.15) is 0 Å². The Labute approximate surface area is 115 Å². The van der Waals surface area contributed by atoms with Gasteiger partial charge in [0, 0.05) is 13.1 Å². The van der Waals surface area contributed by atoms with Crippen LogP contribution in [0.25, 0.3) is 0 Å². The number of carbonyl (C=O) groups is 1. The van der Waals surface area contributed by atoms with Gasteiger partial charge in [0.05, 0.1) is 17.9 Å². The van der Waals surface area contributed by atoms with Crippen molar-refractivity contribution in [3.63, 3.8) is 0 Å². The first-order chi connectivity index (χ1) is 8.99. The lowest BCUT2D eigenvalue weighted by Crippen LogP contribution is -2.39. The summed E-state index contributed by atoms with van der Waals surface area (Å²) in [7, 11) is 0. The van der Waals surface area contributed by atoms with Crippen LogP contribution in [0.2, 0.25) is 0 Å². The second-order valence-electron chi connectivity index (χ2n) is 4.84. The fourth-order valence-electron chi connectivity index (χ4n) is 1.72. The zero-order valence-corrected chi connectivity index (χ0v) is 12.2. The number of nitrogens with one attached hydrogen (secondary N) is 1. The van der Waals surface area contributed by atoms with E-state index in [2.05, 4.69) is 29.0 Å². The van der Waals surface area contributed by atoms with Gasteiger partial charge in [-0.25, -0.2) is 4.98 Å². The lowest BCUT2D eigenvalue weighted by atomic mass is 10.1. The van der Waals surface area contributed by atoms with Crippen molar-refractivity contribution in [2.24, 2.45) is 11.7 Å². The third kappa shape index (κ3) is 4.21. The molecule has 0 aliphatic rings. The predicted octanol–water partition coefficient (Wildman–Crippen LogP) is 1.85. The summed E-state index contributed by atoms with van der Waals surface area (Å²) in [6, 6.07) is 3.26. The summed E-state index contributed by atoms with van der Waals surface area (Å²) in [4.78, 5) is 18.3. The molecule has 1 amide bonds. The van der Waals surface area contributed by atoms with Crippen LogP contribution in [0, 0.1) is 5.92 Å². The molecule has 0 aliphatic heterocycles. The zero-order valence-electron chi connectivity index (χ0n) is 12.2. The smallest absolute Gasteiger partial charge is 0.241 e. The summed E-state index contributed by atoms with van der Waals surface area (Å²) in [6.07, 6.45) is 1.67. The fourth-order valence-corrected chi connectivity index (χ4v) is 1.72. The highest BCUT2D eigenvalue weighted by molar-refractivity contribution is 5.94. The normalized spacial score (nSPS) is 12.3. The van der Waals surface area contributed by atoms with Gasteiger partial charge in [0.2, 0.25) is 5.91 Å². The Hall–Kier alpha value is -1.62. The minimum absolute atomic E-state index is 0.114. The van der Waals surface area contributed by atoms with Crippen LogP contribution in [0.3, 0.4) is 0 Å². The number of hydrogen-bond acceptors (Lipinski definition) is 4. The fraction of sp³-hybridized carbons (Fsp3) is 0.571. The Morgan fingerprint density at radius 1 is 1.37 bits per heavy atom. The quantitative estimate of drug-likeness (QED) is 0.822. The van der Waals surface area contributed by atoms with E-state index in [-0.39, 0.29) is 11.8 Å². The van der Waals surface area contributed by atoms with Crippen molar-refractivity contribution >= 4 is 17.4 Å². The molecule has 0 aliphatic carbocycles. The van der Waals surface area contributed by atoms with Crippen LogP contribution < -0.4 is 16.0 Å². The second kappa shape index (κ2) is 7.09. The van der Waals surface area contributed by atoms with Crippen LogP contribution in [0.15, 0.2) is 18.3 Å². The van der Waals surface area contributed by atoms with Crippen LogP contribution >= 0.6 is 0 Å². The van der Waals surface area contributed by atoms with E-state index < -0.39 is 6.04 Å². The molecule has 0 unspecified atom stereocenters. The van der Waals surface area contributed by atoms with Gasteiger partial charge in [0.1, 0.15) is 5.82 Å². The molecule has 0 aromatic carbocycles. The van der Waals surface area contributed by atoms with Gasteiger partial charge < -0.3 is 16.0 Å².